The van der Waals surface area contributed by atoms with Crippen molar-refractivity contribution in [1.82, 2.24) is 5.32 Å². The third-order valence-corrected chi connectivity index (χ3v) is 3.44. The van der Waals surface area contributed by atoms with Crippen molar-refractivity contribution in [2.24, 2.45) is 0 Å². The standard InChI is InChI=1S/C14H20N2O2/c1-3-10-5-6-12-11(9-10)13(15-2)14(18)16(12)7-4-8-17/h5-6,9,13,15,17H,3-4,7-8H2,1-2H3. The molecule has 1 aliphatic rings. The molecule has 0 saturated heterocycles. The molecule has 2 rings (SSSR count). The van der Waals surface area contributed by atoms with Crippen LogP contribution in [0, 0.1) is 0 Å². The number of fused-ring (bicyclic) bond motifs is 1. The number of amides is 1. The lowest BCUT2D eigenvalue weighted by molar-refractivity contribution is -0.119. The highest BCUT2D eigenvalue weighted by molar-refractivity contribution is 6.04. The van der Waals surface area contributed by atoms with Crippen molar-refractivity contribution in [2.75, 3.05) is 25.1 Å². The maximum Gasteiger partial charge on any atom is 0.248 e. The number of benzene rings is 1. The van der Waals surface area contributed by atoms with Crippen LogP contribution in [0.2, 0.25) is 0 Å². The third kappa shape index (κ3) is 2.13. The maximum atomic E-state index is 12.3. The maximum absolute atomic E-state index is 12.3. The summed E-state index contributed by atoms with van der Waals surface area (Å²) in [6.07, 6.45) is 1.58. The Morgan fingerprint density at radius 1 is 1.44 bits per heavy atom. The summed E-state index contributed by atoms with van der Waals surface area (Å²) >= 11 is 0. The lowest BCUT2D eigenvalue weighted by Gasteiger charge is -2.17. The summed E-state index contributed by atoms with van der Waals surface area (Å²) in [5.41, 5.74) is 3.27. The monoisotopic (exact) mass is 248 g/mol. The number of aliphatic hydroxyl groups excluding tert-OH is 1. The summed E-state index contributed by atoms with van der Waals surface area (Å²) in [6, 6.07) is 5.94. The van der Waals surface area contributed by atoms with Gasteiger partial charge in [0.05, 0.1) is 0 Å². The molecule has 2 N–H and O–H groups in total. The minimum absolute atomic E-state index is 0.0780. The lowest BCUT2D eigenvalue weighted by atomic mass is 10.0. The highest BCUT2D eigenvalue weighted by Crippen LogP contribution is 2.36. The van der Waals surface area contributed by atoms with Crippen molar-refractivity contribution in [3.8, 4) is 0 Å². The van der Waals surface area contributed by atoms with E-state index in [1.165, 1.54) is 5.56 Å². The highest BCUT2D eigenvalue weighted by atomic mass is 16.3. The zero-order valence-electron chi connectivity index (χ0n) is 10.9. The van der Waals surface area contributed by atoms with Crippen molar-refractivity contribution in [3.63, 3.8) is 0 Å². The number of aliphatic hydroxyl groups is 1. The SMILES string of the molecule is CCc1ccc2c(c1)C(NC)C(=O)N2CCCO. The fourth-order valence-corrected chi connectivity index (χ4v) is 2.45. The van der Waals surface area contributed by atoms with E-state index in [1.54, 1.807) is 11.9 Å². The van der Waals surface area contributed by atoms with Gasteiger partial charge >= 0.3 is 0 Å². The molecule has 1 aromatic carbocycles. The molecule has 1 heterocycles. The number of rotatable bonds is 5. The number of nitrogens with one attached hydrogen (secondary N) is 1. The Morgan fingerprint density at radius 2 is 2.22 bits per heavy atom. The Balaban J connectivity index is 2.36. The smallest absolute Gasteiger partial charge is 0.248 e. The van der Waals surface area contributed by atoms with Crippen molar-refractivity contribution >= 4 is 11.6 Å². The van der Waals surface area contributed by atoms with Crippen molar-refractivity contribution in [1.29, 1.82) is 0 Å². The molecule has 1 amide bonds. The Bertz CT molecular complexity index is 445. The number of likely N-dealkylation sites (N-methyl/N-ethyl adjacent to an activating group) is 1. The van der Waals surface area contributed by atoms with Crippen LogP contribution in [0.15, 0.2) is 18.2 Å². The molecule has 1 atom stereocenters. The predicted octanol–water partition coefficient (Wildman–Crippen LogP) is 1.24. The second-order valence-electron chi connectivity index (χ2n) is 4.54. The molecule has 0 fully saturated rings. The third-order valence-electron chi connectivity index (χ3n) is 3.44. The van der Waals surface area contributed by atoms with Crippen LogP contribution in [0.3, 0.4) is 0 Å². The summed E-state index contributed by atoms with van der Waals surface area (Å²) in [7, 11) is 1.81. The van der Waals surface area contributed by atoms with Gasteiger partial charge in [-0.1, -0.05) is 19.1 Å². The quantitative estimate of drug-likeness (QED) is 0.824. The molecular formula is C14H20N2O2. The summed E-state index contributed by atoms with van der Waals surface area (Å²) in [6.45, 7) is 2.79. The molecule has 1 aromatic rings. The van der Waals surface area contributed by atoms with Gasteiger partial charge in [-0.15, -0.1) is 0 Å². The van der Waals surface area contributed by atoms with Gasteiger partial charge in [0, 0.05) is 24.4 Å². The van der Waals surface area contributed by atoms with Crippen LogP contribution >= 0.6 is 0 Å². The minimum Gasteiger partial charge on any atom is -0.396 e. The number of carbonyl (C=O) groups excluding carboxylic acids is 1. The molecular weight excluding hydrogens is 228 g/mol. The van der Waals surface area contributed by atoms with E-state index in [0.29, 0.717) is 13.0 Å². The number of hydrogen-bond donors (Lipinski definition) is 2. The molecule has 0 spiro atoms. The number of anilines is 1. The van der Waals surface area contributed by atoms with Crippen LogP contribution in [0.5, 0.6) is 0 Å². The van der Waals surface area contributed by atoms with Gasteiger partial charge in [-0.05, 0) is 31.5 Å². The van der Waals surface area contributed by atoms with E-state index >= 15 is 0 Å². The summed E-state index contributed by atoms with van der Waals surface area (Å²) < 4.78 is 0. The van der Waals surface area contributed by atoms with E-state index in [4.69, 9.17) is 5.11 Å². The molecule has 0 aliphatic carbocycles. The Labute approximate surface area is 108 Å². The van der Waals surface area contributed by atoms with E-state index in [0.717, 1.165) is 17.7 Å². The summed E-state index contributed by atoms with van der Waals surface area (Å²) in [5, 5.41) is 12.0. The Kier molecular flexibility index (Phi) is 3.99. The van der Waals surface area contributed by atoms with E-state index in [1.807, 2.05) is 6.07 Å². The number of nitrogens with zero attached hydrogens (tertiary/aromatic N) is 1. The van der Waals surface area contributed by atoms with Gasteiger partial charge in [0.1, 0.15) is 6.04 Å². The normalized spacial score (nSPS) is 18.3. The summed E-state index contributed by atoms with van der Waals surface area (Å²) in [4.78, 5) is 14.1. The first-order valence-corrected chi connectivity index (χ1v) is 6.45. The van der Waals surface area contributed by atoms with E-state index < -0.39 is 0 Å². The van der Waals surface area contributed by atoms with Gasteiger partial charge in [0.15, 0.2) is 0 Å². The number of carbonyl (C=O) groups is 1. The number of hydrogen-bond acceptors (Lipinski definition) is 3. The Hall–Kier alpha value is -1.39. The molecule has 4 nitrogen and oxygen atoms in total. The van der Waals surface area contributed by atoms with Gasteiger partial charge in [0.2, 0.25) is 5.91 Å². The van der Waals surface area contributed by atoms with Gasteiger partial charge < -0.3 is 15.3 Å². The van der Waals surface area contributed by atoms with Gasteiger partial charge in [0.25, 0.3) is 0 Å². The summed E-state index contributed by atoms with van der Waals surface area (Å²) in [5.74, 6) is 0.0780. The van der Waals surface area contributed by atoms with Crippen LogP contribution in [-0.4, -0.2) is 31.2 Å². The van der Waals surface area contributed by atoms with Gasteiger partial charge in [-0.25, -0.2) is 0 Å². The molecule has 0 saturated carbocycles. The first-order chi connectivity index (χ1) is 8.72. The van der Waals surface area contributed by atoms with Crippen LogP contribution in [-0.2, 0) is 11.2 Å². The molecule has 0 aromatic heterocycles. The first kappa shape index (κ1) is 13.1. The minimum atomic E-state index is -0.245. The van der Waals surface area contributed by atoms with Crippen LogP contribution in [0.4, 0.5) is 5.69 Å². The zero-order chi connectivity index (χ0) is 13.1. The van der Waals surface area contributed by atoms with E-state index in [2.05, 4.69) is 24.4 Å². The van der Waals surface area contributed by atoms with Crippen LogP contribution < -0.4 is 10.2 Å². The molecule has 0 bridgehead atoms. The second kappa shape index (κ2) is 5.50. The molecule has 1 aliphatic heterocycles. The van der Waals surface area contributed by atoms with Crippen LogP contribution in [0.1, 0.15) is 30.5 Å². The average Bonchev–Trinajstić information content (AvgIpc) is 2.66. The molecule has 98 valence electrons. The van der Waals surface area contributed by atoms with Crippen LogP contribution in [0.25, 0.3) is 0 Å². The van der Waals surface area contributed by atoms with Crippen molar-refractivity contribution in [3.05, 3.63) is 29.3 Å². The largest absolute Gasteiger partial charge is 0.396 e. The number of aryl methyl sites for hydroxylation is 1. The predicted molar refractivity (Wildman–Crippen MR) is 71.7 cm³/mol. The van der Waals surface area contributed by atoms with Gasteiger partial charge in [-0.2, -0.15) is 0 Å². The molecule has 18 heavy (non-hydrogen) atoms. The highest BCUT2D eigenvalue weighted by Gasteiger charge is 2.35. The molecule has 0 radical (unpaired) electrons. The van der Waals surface area contributed by atoms with Gasteiger partial charge in [-0.3, -0.25) is 4.79 Å². The van der Waals surface area contributed by atoms with Crippen molar-refractivity contribution in [2.45, 2.75) is 25.8 Å². The zero-order valence-corrected chi connectivity index (χ0v) is 10.9. The van der Waals surface area contributed by atoms with E-state index in [9.17, 15) is 4.79 Å². The second-order valence-corrected chi connectivity index (χ2v) is 4.54. The fourth-order valence-electron chi connectivity index (χ4n) is 2.45. The Morgan fingerprint density at radius 3 is 2.83 bits per heavy atom. The average molecular weight is 248 g/mol. The van der Waals surface area contributed by atoms with E-state index in [-0.39, 0.29) is 18.6 Å². The fraction of sp³-hybridized carbons (Fsp3) is 0.500. The molecule has 1 unspecified atom stereocenters. The van der Waals surface area contributed by atoms with Crippen molar-refractivity contribution < 1.29 is 9.90 Å². The molecule has 4 heteroatoms. The lowest BCUT2D eigenvalue weighted by Crippen LogP contribution is -2.34. The first-order valence-electron chi connectivity index (χ1n) is 6.45. The topological polar surface area (TPSA) is 52.6 Å².